The van der Waals surface area contributed by atoms with Crippen LogP contribution in [0.2, 0.25) is 0 Å². The monoisotopic (exact) mass is 361 g/mol. The molecule has 0 amide bonds. The maximum absolute atomic E-state index is 13.7. The Morgan fingerprint density at radius 2 is 2.20 bits per heavy atom. The topological polar surface area (TPSA) is 92.1 Å². The molecule has 25 heavy (non-hydrogen) atoms. The Morgan fingerprint density at radius 1 is 1.36 bits per heavy atom. The number of hydrogen-bond donors (Lipinski definition) is 1. The highest BCUT2D eigenvalue weighted by Gasteiger charge is 2.19. The van der Waals surface area contributed by atoms with Crippen molar-refractivity contribution in [3.63, 3.8) is 0 Å². The molecule has 8 heteroatoms. The molecule has 0 fully saturated rings. The van der Waals surface area contributed by atoms with E-state index in [4.69, 9.17) is 10.00 Å². The van der Waals surface area contributed by atoms with Gasteiger partial charge in [-0.2, -0.15) is 5.26 Å². The molecule has 1 aliphatic heterocycles. The lowest BCUT2D eigenvalue weighted by molar-refractivity contribution is 0.289. The van der Waals surface area contributed by atoms with E-state index in [1.54, 1.807) is 0 Å². The molecule has 1 aromatic carbocycles. The number of aryl methyl sites for hydroxylation is 1. The minimum Gasteiger partial charge on any atom is -0.491 e. The number of fused-ring (bicyclic) bond motifs is 1. The maximum Gasteiger partial charge on any atom is 0.197 e. The second kappa shape index (κ2) is 7.07. The number of aromatic nitrogens is 1. The second-order valence-electron chi connectivity index (χ2n) is 5.64. The van der Waals surface area contributed by atoms with Gasteiger partial charge in [-0.05, 0) is 36.6 Å². The van der Waals surface area contributed by atoms with Crippen molar-refractivity contribution in [2.75, 3.05) is 24.2 Å². The summed E-state index contributed by atoms with van der Waals surface area (Å²) in [6.45, 7) is 0.643. The molecule has 130 valence electrons. The minimum atomic E-state index is -3.60. The molecule has 3 rings (SSSR count). The Kier molecular flexibility index (Phi) is 4.86. The lowest BCUT2D eigenvalue weighted by Crippen LogP contribution is -2.18. The number of halogens is 1. The van der Waals surface area contributed by atoms with Crippen LogP contribution < -0.4 is 10.1 Å². The van der Waals surface area contributed by atoms with Gasteiger partial charge in [0.05, 0.1) is 23.6 Å². The summed E-state index contributed by atoms with van der Waals surface area (Å²) >= 11 is 0. The highest BCUT2D eigenvalue weighted by atomic mass is 32.2. The van der Waals surface area contributed by atoms with E-state index in [2.05, 4.69) is 10.3 Å². The second-order valence-corrected chi connectivity index (χ2v) is 7.69. The van der Waals surface area contributed by atoms with Gasteiger partial charge in [-0.25, -0.2) is 17.8 Å². The molecule has 2 aromatic rings. The summed E-state index contributed by atoms with van der Waals surface area (Å²) < 4.78 is 43.9. The Labute approximate surface area is 145 Å². The molecular formula is C17H16FN3O3S. The predicted octanol–water partition coefficient (Wildman–Crippen LogP) is 2.30. The van der Waals surface area contributed by atoms with Crippen LogP contribution in [0.1, 0.15) is 17.5 Å². The Bertz CT molecular complexity index is 921. The van der Waals surface area contributed by atoms with E-state index >= 15 is 0 Å². The van der Waals surface area contributed by atoms with Crippen molar-refractivity contribution < 1.29 is 17.5 Å². The fraction of sp³-hybridized carbons (Fsp3) is 0.294. The van der Waals surface area contributed by atoms with Gasteiger partial charge in [-0.3, -0.25) is 0 Å². The van der Waals surface area contributed by atoms with Crippen LogP contribution in [-0.2, 0) is 16.3 Å². The summed E-state index contributed by atoms with van der Waals surface area (Å²) in [5, 5.41) is 11.6. The smallest absolute Gasteiger partial charge is 0.197 e. The Balaban J connectivity index is 1.70. The minimum absolute atomic E-state index is 0.0866. The van der Waals surface area contributed by atoms with E-state index in [-0.39, 0.29) is 23.1 Å². The third kappa shape index (κ3) is 3.88. The summed E-state index contributed by atoms with van der Waals surface area (Å²) in [5.74, 6) is -0.0121. The third-order valence-corrected chi connectivity index (χ3v) is 5.46. The lowest BCUT2D eigenvalue weighted by Gasteiger charge is -2.21. The van der Waals surface area contributed by atoms with Gasteiger partial charge in [-0.1, -0.05) is 0 Å². The van der Waals surface area contributed by atoms with Crippen LogP contribution >= 0.6 is 0 Å². The first kappa shape index (κ1) is 17.2. The van der Waals surface area contributed by atoms with Gasteiger partial charge < -0.3 is 10.1 Å². The largest absolute Gasteiger partial charge is 0.491 e. The number of ether oxygens (including phenoxy) is 1. The summed E-state index contributed by atoms with van der Waals surface area (Å²) in [5.41, 5.74) is 1.53. The summed E-state index contributed by atoms with van der Waals surface area (Å²) in [4.78, 5) is 3.81. The number of nitrogens with zero attached hydrogens (tertiary/aromatic N) is 2. The zero-order valence-electron chi connectivity index (χ0n) is 13.3. The van der Waals surface area contributed by atoms with Crippen molar-refractivity contribution in [1.29, 1.82) is 5.26 Å². The standard InChI is InChI=1S/C17H16FN3O3S/c18-14-8-13-2-1-6-24-17(13)15(9-14)20-5-7-25(22,23)16-4-3-12(10-19)11-21-16/h3-4,8-9,11,20H,1-2,5-7H2. The number of benzene rings is 1. The van der Waals surface area contributed by atoms with Crippen molar-refractivity contribution in [3.8, 4) is 11.8 Å². The lowest BCUT2D eigenvalue weighted by atomic mass is 10.0. The molecule has 0 radical (unpaired) electrons. The predicted molar refractivity (Wildman–Crippen MR) is 89.7 cm³/mol. The molecule has 0 saturated heterocycles. The molecule has 6 nitrogen and oxygen atoms in total. The van der Waals surface area contributed by atoms with Crippen LogP contribution in [0.4, 0.5) is 10.1 Å². The highest BCUT2D eigenvalue weighted by Crippen LogP contribution is 2.34. The van der Waals surface area contributed by atoms with Crippen LogP contribution in [0.15, 0.2) is 35.5 Å². The van der Waals surface area contributed by atoms with Gasteiger partial charge in [-0.15, -0.1) is 0 Å². The molecule has 0 atom stereocenters. The van der Waals surface area contributed by atoms with Crippen molar-refractivity contribution in [2.45, 2.75) is 17.9 Å². The molecule has 0 aliphatic carbocycles. The van der Waals surface area contributed by atoms with Crippen LogP contribution in [0, 0.1) is 17.1 Å². The molecular weight excluding hydrogens is 345 g/mol. The summed E-state index contributed by atoms with van der Waals surface area (Å²) in [6.07, 6.45) is 2.78. The third-order valence-electron chi connectivity index (χ3n) is 3.84. The van der Waals surface area contributed by atoms with E-state index in [1.807, 2.05) is 6.07 Å². The van der Waals surface area contributed by atoms with Crippen LogP contribution in [-0.4, -0.2) is 32.3 Å². The average molecular weight is 361 g/mol. The van der Waals surface area contributed by atoms with Gasteiger partial charge in [0, 0.05) is 18.8 Å². The molecule has 1 N–H and O–H groups in total. The van der Waals surface area contributed by atoms with Crippen molar-refractivity contribution in [1.82, 2.24) is 4.98 Å². The van der Waals surface area contributed by atoms with Gasteiger partial charge in [0.15, 0.2) is 14.9 Å². The van der Waals surface area contributed by atoms with Crippen LogP contribution in [0.5, 0.6) is 5.75 Å². The van der Waals surface area contributed by atoms with E-state index in [1.165, 1.54) is 30.5 Å². The van der Waals surface area contributed by atoms with E-state index in [9.17, 15) is 12.8 Å². The number of hydrogen-bond acceptors (Lipinski definition) is 6. The molecule has 0 unspecified atom stereocenters. The fourth-order valence-electron chi connectivity index (χ4n) is 2.63. The molecule has 1 aromatic heterocycles. The number of rotatable bonds is 5. The summed E-state index contributed by atoms with van der Waals surface area (Å²) in [7, 11) is -3.60. The van der Waals surface area contributed by atoms with Crippen molar-refractivity contribution >= 4 is 15.5 Å². The normalized spacial score (nSPS) is 13.4. The van der Waals surface area contributed by atoms with E-state index < -0.39 is 9.84 Å². The Hall–Kier alpha value is -2.66. The molecule has 0 saturated carbocycles. The SMILES string of the molecule is N#Cc1ccc(S(=O)(=O)CCNc2cc(F)cc3c2OCCC3)nc1. The first-order chi connectivity index (χ1) is 12.0. The highest BCUT2D eigenvalue weighted by molar-refractivity contribution is 7.91. The zero-order valence-corrected chi connectivity index (χ0v) is 14.1. The first-order valence-corrected chi connectivity index (χ1v) is 9.43. The van der Waals surface area contributed by atoms with Gasteiger partial charge in [0.2, 0.25) is 0 Å². The van der Waals surface area contributed by atoms with E-state index in [0.29, 0.717) is 23.6 Å². The maximum atomic E-state index is 13.7. The van der Waals surface area contributed by atoms with Crippen LogP contribution in [0.25, 0.3) is 0 Å². The number of nitriles is 1. The molecule has 0 spiro atoms. The number of nitrogens with one attached hydrogen (secondary N) is 1. The van der Waals surface area contributed by atoms with Crippen molar-refractivity contribution in [2.24, 2.45) is 0 Å². The fourth-order valence-corrected chi connectivity index (χ4v) is 3.70. The first-order valence-electron chi connectivity index (χ1n) is 7.77. The van der Waals surface area contributed by atoms with Gasteiger partial charge in [0.1, 0.15) is 17.6 Å². The quantitative estimate of drug-likeness (QED) is 0.878. The molecule has 0 bridgehead atoms. The van der Waals surface area contributed by atoms with Crippen molar-refractivity contribution in [3.05, 3.63) is 47.4 Å². The Morgan fingerprint density at radius 3 is 2.92 bits per heavy atom. The number of pyridine rings is 1. The molecule has 1 aliphatic rings. The number of anilines is 1. The summed E-state index contributed by atoms with van der Waals surface area (Å²) in [6, 6.07) is 7.34. The number of sulfone groups is 1. The van der Waals surface area contributed by atoms with Gasteiger partial charge >= 0.3 is 0 Å². The van der Waals surface area contributed by atoms with Gasteiger partial charge in [0.25, 0.3) is 0 Å². The van der Waals surface area contributed by atoms with E-state index in [0.717, 1.165) is 18.4 Å². The van der Waals surface area contributed by atoms with Crippen LogP contribution in [0.3, 0.4) is 0 Å². The zero-order chi connectivity index (χ0) is 17.9. The average Bonchev–Trinajstić information content (AvgIpc) is 2.61. The molecule has 2 heterocycles.